The number of rotatable bonds is 3. The van der Waals surface area contributed by atoms with E-state index in [4.69, 9.17) is 4.74 Å². The first-order chi connectivity index (χ1) is 13.1. The third-order valence-electron chi connectivity index (χ3n) is 4.91. The van der Waals surface area contributed by atoms with E-state index in [1.807, 2.05) is 53.9 Å². The molecule has 1 aromatic carbocycles. The van der Waals surface area contributed by atoms with E-state index in [0.717, 1.165) is 28.8 Å². The van der Waals surface area contributed by atoms with Gasteiger partial charge in [-0.3, -0.25) is 9.48 Å². The summed E-state index contributed by atoms with van der Waals surface area (Å²) in [6.07, 6.45) is 4.42. The van der Waals surface area contributed by atoms with E-state index in [0.29, 0.717) is 31.8 Å². The molecule has 0 aliphatic carbocycles. The van der Waals surface area contributed by atoms with Crippen molar-refractivity contribution in [3.05, 3.63) is 53.6 Å². The maximum absolute atomic E-state index is 13.1. The van der Waals surface area contributed by atoms with Gasteiger partial charge in [0.05, 0.1) is 35.1 Å². The number of aryl methyl sites for hydroxylation is 2. The number of fused-ring (bicyclic) bond motifs is 1. The van der Waals surface area contributed by atoms with Crippen molar-refractivity contribution in [3.63, 3.8) is 0 Å². The predicted molar refractivity (Wildman–Crippen MR) is 101 cm³/mol. The van der Waals surface area contributed by atoms with E-state index in [-0.39, 0.29) is 12.0 Å². The van der Waals surface area contributed by atoms with Crippen molar-refractivity contribution in [1.29, 1.82) is 0 Å². The number of benzene rings is 1. The fourth-order valence-electron chi connectivity index (χ4n) is 3.35. The molecule has 27 heavy (non-hydrogen) atoms. The van der Waals surface area contributed by atoms with Crippen molar-refractivity contribution < 1.29 is 9.53 Å². The highest BCUT2D eigenvalue weighted by Gasteiger charge is 2.24. The normalized spacial score (nSPS) is 17.9. The molecule has 1 atom stereocenters. The Balaban J connectivity index is 1.55. The number of hydrogen-bond donors (Lipinski definition) is 0. The average molecular weight is 365 g/mol. The number of aromatic nitrogens is 4. The van der Waals surface area contributed by atoms with Crippen LogP contribution in [0.3, 0.4) is 0 Å². The Kier molecular flexibility index (Phi) is 4.85. The molecule has 0 unspecified atom stereocenters. The minimum atomic E-state index is -0.0681. The van der Waals surface area contributed by atoms with Gasteiger partial charge in [0.15, 0.2) is 0 Å². The molecule has 0 saturated carbocycles. The van der Waals surface area contributed by atoms with Gasteiger partial charge in [-0.25, -0.2) is 9.97 Å². The Hall–Kier alpha value is -2.80. The van der Waals surface area contributed by atoms with Crippen LogP contribution < -0.4 is 0 Å². The predicted octanol–water partition coefficient (Wildman–Crippen LogP) is 2.37. The number of carbonyl (C=O) groups is 1. The number of carbonyl (C=O) groups excluding carboxylic acids is 1. The Morgan fingerprint density at radius 2 is 2.04 bits per heavy atom. The molecule has 0 radical (unpaired) electrons. The van der Waals surface area contributed by atoms with Gasteiger partial charge in [0.1, 0.15) is 0 Å². The van der Waals surface area contributed by atoms with Crippen molar-refractivity contribution in [1.82, 2.24) is 24.6 Å². The molecule has 1 amide bonds. The third kappa shape index (κ3) is 3.83. The molecule has 4 rings (SSSR count). The Bertz CT molecular complexity index is 954. The monoisotopic (exact) mass is 365 g/mol. The highest BCUT2D eigenvalue weighted by molar-refractivity contribution is 5.97. The summed E-state index contributed by atoms with van der Waals surface area (Å²) in [5, 5.41) is 4.24. The van der Waals surface area contributed by atoms with Crippen molar-refractivity contribution >= 4 is 16.9 Å². The van der Waals surface area contributed by atoms with E-state index in [2.05, 4.69) is 15.1 Å². The number of nitrogens with zero attached hydrogens (tertiary/aromatic N) is 5. The van der Waals surface area contributed by atoms with Crippen molar-refractivity contribution in [2.45, 2.75) is 32.9 Å². The lowest BCUT2D eigenvalue weighted by Gasteiger charge is -2.24. The van der Waals surface area contributed by atoms with Crippen LogP contribution >= 0.6 is 0 Å². The van der Waals surface area contributed by atoms with Crippen LogP contribution in [-0.4, -0.2) is 56.4 Å². The van der Waals surface area contributed by atoms with Gasteiger partial charge in [-0.1, -0.05) is 0 Å². The summed E-state index contributed by atoms with van der Waals surface area (Å²) in [4.78, 5) is 24.1. The van der Waals surface area contributed by atoms with Gasteiger partial charge in [-0.2, -0.15) is 5.10 Å². The van der Waals surface area contributed by atoms with Crippen molar-refractivity contribution in [3.8, 4) is 0 Å². The van der Waals surface area contributed by atoms with E-state index >= 15 is 0 Å². The van der Waals surface area contributed by atoms with E-state index in [9.17, 15) is 4.79 Å². The topological polar surface area (TPSA) is 73.1 Å². The van der Waals surface area contributed by atoms with Crippen LogP contribution in [0.1, 0.15) is 28.2 Å². The molecule has 0 N–H and O–H groups in total. The van der Waals surface area contributed by atoms with Gasteiger partial charge >= 0.3 is 0 Å². The second-order valence-corrected chi connectivity index (χ2v) is 6.92. The van der Waals surface area contributed by atoms with Gasteiger partial charge in [-0.15, -0.1) is 0 Å². The van der Waals surface area contributed by atoms with Gasteiger partial charge in [0.25, 0.3) is 5.91 Å². The first-order valence-electron chi connectivity index (χ1n) is 9.23. The lowest BCUT2D eigenvalue weighted by atomic mass is 10.1. The molecule has 3 heterocycles. The highest BCUT2D eigenvalue weighted by atomic mass is 16.5. The smallest absolute Gasteiger partial charge is 0.254 e. The molecule has 1 saturated heterocycles. The van der Waals surface area contributed by atoms with E-state index < -0.39 is 0 Å². The van der Waals surface area contributed by atoms with Gasteiger partial charge in [-0.05, 0) is 44.5 Å². The Labute approximate surface area is 158 Å². The zero-order valence-corrected chi connectivity index (χ0v) is 15.6. The van der Waals surface area contributed by atoms with Crippen LogP contribution in [0, 0.1) is 13.8 Å². The van der Waals surface area contributed by atoms with Crippen LogP contribution in [-0.2, 0) is 11.3 Å². The molecule has 2 aromatic heterocycles. The summed E-state index contributed by atoms with van der Waals surface area (Å²) < 4.78 is 7.76. The molecular weight excluding hydrogens is 342 g/mol. The average Bonchev–Trinajstić information content (AvgIpc) is 3.06. The third-order valence-corrected chi connectivity index (χ3v) is 4.91. The maximum Gasteiger partial charge on any atom is 0.254 e. The second-order valence-electron chi connectivity index (χ2n) is 6.92. The van der Waals surface area contributed by atoms with Crippen LogP contribution in [0.4, 0.5) is 0 Å². The summed E-state index contributed by atoms with van der Waals surface area (Å²) in [6.45, 7) is 6.40. The molecular formula is C20H23N5O2. The van der Waals surface area contributed by atoms with Gasteiger partial charge in [0, 0.05) is 37.7 Å². The molecule has 7 nitrogen and oxygen atoms in total. The van der Waals surface area contributed by atoms with Gasteiger partial charge in [0.2, 0.25) is 0 Å². The van der Waals surface area contributed by atoms with Crippen LogP contribution in [0.2, 0.25) is 0 Å². The fourth-order valence-corrected chi connectivity index (χ4v) is 3.35. The van der Waals surface area contributed by atoms with E-state index in [1.54, 1.807) is 6.20 Å². The molecule has 1 fully saturated rings. The number of ether oxygens (including phenoxy) is 1. The highest BCUT2D eigenvalue weighted by Crippen LogP contribution is 2.17. The molecule has 1 aliphatic rings. The molecule has 0 bridgehead atoms. The summed E-state index contributed by atoms with van der Waals surface area (Å²) in [7, 11) is 0. The zero-order valence-electron chi connectivity index (χ0n) is 15.6. The van der Waals surface area contributed by atoms with Crippen LogP contribution in [0.5, 0.6) is 0 Å². The molecule has 7 heteroatoms. The summed E-state index contributed by atoms with van der Waals surface area (Å²) in [5.41, 5.74) is 4.00. The molecule has 1 aliphatic heterocycles. The minimum absolute atomic E-state index is 0.00731. The lowest BCUT2D eigenvalue weighted by Crippen LogP contribution is -2.38. The Morgan fingerprint density at radius 3 is 2.81 bits per heavy atom. The molecule has 3 aromatic rings. The standard InChI is InChI=1S/C20H23N5O2/c1-14-15(2)23-19-11-16(5-6-18(19)22-14)20(26)24-8-4-10-27-17(12-24)13-25-9-3-7-21-25/h3,5-7,9,11,17H,4,8,10,12-13H2,1-2H3/t17-/m0/s1. The fraction of sp³-hybridized carbons (Fsp3) is 0.400. The summed E-state index contributed by atoms with van der Waals surface area (Å²) in [5.74, 6) is 0.00731. The quantitative estimate of drug-likeness (QED) is 0.712. The second kappa shape index (κ2) is 7.44. The van der Waals surface area contributed by atoms with Crippen LogP contribution in [0.15, 0.2) is 36.7 Å². The minimum Gasteiger partial charge on any atom is -0.374 e. The number of amides is 1. The molecule has 140 valence electrons. The van der Waals surface area contributed by atoms with E-state index in [1.165, 1.54) is 0 Å². The summed E-state index contributed by atoms with van der Waals surface area (Å²) >= 11 is 0. The van der Waals surface area contributed by atoms with Crippen molar-refractivity contribution in [2.75, 3.05) is 19.7 Å². The van der Waals surface area contributed by atoms with Gasteiger partial charge < -0.3 is 9.64 Å². The lowest BCUT2D eigenvalue weighted by molar-refractivity contribution is 0.0367. The number of hydrogen-bond acceptors (Lipinski definition) is 5. The molecule has 0 spiro atoms. The van der Waals surface area contributed by atoms with Crippen molar-refractivity contribution in [2.24, 2.45) is 0 Å². The largest absolute Gasteiger partial charge is 0.374 e. The Morgan fingerprint density at radius 1 is 1.22 bits per heavy atom. The first-order valence-corrected chi connectivity index (χ1v) is 9.23. The SMILES string of the molecule is Cc1nc2ccc(C(=O)N3CCCO[C@H](Cn4cccn4)C3)cc2nc1C. The first kappa shape index (κ1) is 17.6. The van der Waals surface area contributed by atoms with Crippen LogP contribution in [0.25, 0.3) is 11.0 Å². The summed E-state index contributed by atoms with van der Waals surface area (Å²) in [6, 6.07) is 7.44. The maximum atomic E-state index is 13.1. The zero-order chi connectivity index (χ0) is 18.8.